The van der Waals surface area contributed by atoms with Crippen molar-refractivity contribution in [2.75, 3.05) is 0 Å². The molecule has 14 heavy (non-hydrogen) atoms. The maximum Gasteiger partial charge on any atom is 0.435 e. The minimum atomic E-state index is -2.22. The summed E-state index contributed by atoms with van der Waals surface area (Å²) in [5.74, 6) is -0.408. The van der Waals surface area contributed by atoms with Crippen LogP contribution in [0.5, 0.6) is 0 Å². The average Bonchev–Trinajstić information content (AvgIpc) is 2.18. The van der Waals surface area contributed by atoms with Gasteiger partial charge in [-0.15, -0.1) is 0 Å². The highest BCUT2D eigenvalue weighted by Gasteiger charge is 2.10. The summed E-state index contributed by atoms with van der Waals surface area (Å²) in [7, 11) is -2.22. The van der Waals surface area contributed by atoms with Crippen LogP contribution in [0.3, 0.4) is 0 Å². The highest BCUT2D eigenvalue weighted by atomic mass is 28.3. The zero-order valence-electron chi connectivity index (χ0n) is 7.91. The Morgan fingerprint density at radius 2 is 2.00 bits per heavy atom. The maximum atomic E-state index is 11.5. The van der Waals surface area contributed by atoms with E-state index in [1.165, 1.54) is 0 Å². The van der Waals surface area contributed by atoms with Crippen molar-refractivity contribution in [1.82, 2.24) is 4.98 Å². The summed E-state index contributed by atoms with van der Waals surface area (Å²) in [4.78, 5) is 13.2. The molecule has 72 valence electrons. The van der Waals surface area contributed by atoms with Crippen molar-refractivity contribution in [3.05, 3.63) is 42.5 Å². The molecule has 1 aromatic rings. The molecule has 0 atom stereocenters. The summed E-state index contributed by atoms with van der Waals surface area (Å²) in [5, 5.41) is 0.649. The zero-order valence-corrected chi connectivity index (χ0v) is 8.91. The molecule has 0 bridgehead atoms. The molecule has 0 spiro atoms. The largest absolute Gasteiger partial charge is 0.435 e. The molecule has 1 N–H and O–H groups in total. The van der Waals surface area contributed by atoms with E-state index in [-0.39, 0.29) is 0 Å². The van der Waals surface area contributed by atoms with Crippen LogP contribution in [0.2, 0.25) is 0 Å². The summed E-state index contributed by atoms with van der Waals surface area (Å²) in [5.41, 5.74) is 1.10. The number of hydrogen-bond acceptors (Lipinski definition) is 2. The molecular formula is C10H11NO2Si. The Bertz CT molecular complexity index is 370. The first-order valence-electron chi connectivity index (χ1n) is 4.18. The minimum Gasteiger partial charge on any atom is -0.353 e. The van der Waals surface area contributed by atoms with Gasteiger partial charge < -0.3 is 9.44 Å². The zero-order chi connectivity index (χ0) is 10.6. The molecule has 0 saturated carbocycles. The van der Waals surface area contributed by atoms with Gasteiger partial charge in [-0.25, -0.2) is 0 Å². The monoisotopic (exact) mass is 205 g/mol. The standard InChI is InChI=1S/C10H11NO2Si/c1-3-10(12)11-14(13)9-6-4-8(2)5-7-9/h3-7H,1H2,2H3,(H,11,12). The van der Waals surface area contributed by atoms with Gasteiger partial charge in [-0.1, -0.05) is 36.4 Å². The molecule has 1 amide bonds. The van der Waals surface area contributed by atoms with E-state index in [0.717, 1.165) is 11.6 Å². The molecule has 4 heteroatoms. The number of amides is 1. The Morgan fingerprint density at radius 1 is 1.43 bits per heavy atom. The lowest BCUT2D eigenvalue weighted by atomic mass is 10.2. The van der Waals surface area contributed by atoms with E-state index >= 15 is 0 Å². The molecular weight excluding hydrogens is 194 g/mol. The fourth-order valence-electron chi connectivity index (χ4n) is 0.940. The van der Waals surface area contributed by atoms with Crippen molar-refractivity contribution < 1.29 is 9.26 Å². The predicted molar refractivity (Wildman–Crippen MR) is 55.6 cm³/mol. The van der Waals surface area contributed by atoms with Crippen molar-refractivity contribution >= 4 is 19.9 Å². The second-order valence-electron chi connectivity index (χ2n) is 2.89. The van der Waals surface area contributed by atoms with Gasteiger partial charge in [-0.05, 0) is 13.0 Å². The van der Waals surface area contributed by atoms with Crippen LogP contribution in [-0.4, -0.2) is 14.8 Å². The van der Waals surface area contributed by atoms with Gasteiger partial charge in [0.1, 0.15) is 0 Å². The van der Waals surface area contributed by atoms with Gasteiger partial charge in [0.15, 0.2) is 0 Å². The molecule has 0 radical (unpaired) electrons. The molecule has 0 saturated heterocycles. The summed E-state index contributed by atoms with van der Waals surface area (Å²) < 4.78 is 11.5. The van der Waals surface area contributed by atoms with E-state index in [2.05, 4.69) is 11.6 Å². The number of carbonyl (C=O) groups excluding carboxylic acids is 1. The number of hydrogen-bond donors (Lipinski definition) is 1. The smallest absolute Gasteiger partial charge is 0.353 e. The molecule has 0 unspecified atom stereocenters. The maximum absolute atomic E-state index is 11.5. The second kappa shape index (κ2) is 4.62. The molecule has 0 aliphatic heterocycles. The lowest BCUT2D eigenvalue weighted by Crippen LogP contribution is -2.39. The van der Waals surface area contributed by atoms with E-state index < -0.39 is 14.8 Å². The van der Waals surface area contributed by atoms with Gasteiger partial charge in [0, 0.05) is 5.19 Å². The Hall–Kier alpha value is -1.55. The molecule has 1 aromatic carbocycles. The third-order valence-corrected chi connectivity index (χ3v) is 3.07. The Labute approximate surface area is 84.2 Å². The SMILES string of the molecule is C=CC(=O)N[Si](=O)c1ccc(C)cc1. The van der Waals surface area contributed by atoms with Crippen LogP contribution in [0.4, 0.5) is 0 Å². The summed E-state index contributed by atoms with van der Waals surface area (Å²) in [6.07, 6.45) is 1.11. The van der Waals surface area contributed by atoms with Gasteiger partial charge in [0.2, 0.25) is 5.91 Å². The van der Waals surface area contributed by atoms with Crippen LogP contribution in [0, 0.1) is 6.92 Å². The highest BCUT2D eigenvalue weighted by Crippen LogP contribution is 1.92. The minimum absolute atomic E-state index is 0.408. The quantitative estimate of drug-likeness (QED) is 0.574. The van der Waals surface area contributed by atoms with Crippen LogP contribution in [-0.2, 0) is 9.26 Å². The van der Waals surface area contributed by atoms with Gasteiger partial charge in [-0.2, -0.15) is 0 Å². The van der Waals surface area contributed by atoms with Gasteiger partial charge in [0.05, 0.1) is 0 Å². The normalized spacial score (nSPS) is 9.21. The van der Waals surface area contributed by atoms with Crippen LogP contribution in [0.15, 0.2) is 36.9 Å². The number of rotatable bonds is 3. The number of nitrogens with one attached hydrogen (secondary N) is 1. The van der Waals surface area contributed by atoms with Crippen LogP contribution < -0.4 is 10.2 Å². The van der Waals surface area contributed by atoms with Crippen molar-refractivity contribution in [3.63, 3.8) is 0 Å². The summed E-state index contributed by atoms with van der Waals surface area (Å²) in [6, 6.07) is 7.22. The third-order valence-electron chi connectivity index (χ3n) is 1.74. The number of benzene rings is 1. The number of aryl methyl sites for hydroxylation is 1. The second-order valence-corrected chi connectivity index (χ2v) is 4.37. The lowest BCUT2D eigenvalue weighted by molar-refractivity contribution is -0.115. The summed E-state index contributed by atoms with van der Waals surface area (Å²) in [6.45, 7) is 5.23. The summed E-state index contributed by atoms with van der Waals surface area (Å²) >= 11 is 0. The van der Waals surface area contributed by atoms with E-state index in [1.807, 2.05) is 19.1 Å². The van der Waals surface area contributed by atoms with Crippen molar-refractivity contribution in [3.8, 4) is 0 Å². The molecule has 1 rings (SSSR count). The van der Waals surface area contributed by atoms with Gasteiger partial charge in [-0.3, -0.25) is 4.79 Å². The van der Waals surface area contributed by atoms with Gasteiger partial charge in [0.25, 0.3) is 0 Å². The van der Waals surface area contributed by atoms with Crippen molar-refractivity contribution in [2.45, 2.75) is 6.92 Å². The molecule has 0 aromatic heterocycles. The molecule has 0 aliphatic carbocycles. The Kier molecular flexibility index (Phi) is 3.47. The molecule has 0 fully saturated rings. The Balaban J connectivity index is 2.75. The van der Waals surface area contributed by atoms with Crippen molar-refractivity contribution in [2.24, 2.45) is 0 Å². The first-order valence-corrected chi connectivity index (χ1v) is 5.58. The van der Waals surface area contributed by atoms with Gasteiger partial charge >= 0.3 is 8.84 Å². The van der Waals surface area contributed by atoms with E-state index in [4.69, 9.17) is 0 Å². The fraction of sp³-hybridized carbons (Fsp3) is 0.100. The van der Waals surface area contributed by atoms with E-state index in [9.17, 15) is 9.26 Å². The molecule has 3 nitrogen and oxygen atoms in total. The van der Waals surface area contributed by atoms with Crippen LogP contribution in [0.1, 0.15) is 5.56 Å². The highest BCUT2D eigenvalue weighted by molar-refractivity contribution is 6.60. The average molecular weight is 205 g/mol. The van der Waals surface area contributed by atoms with Crippen molar-refractivity contribution in [1.29, 1.82) is 0 Å². The van der Waals surface area contributed by atoms with Crippen LogP contribution in [0.25, 0.3) is 0 Å². The molecule has 0 heterocycles. The third kappa shape index (κ3) is 2.74. The first-order chi connectivity index (χ1) is 6.63. The topological polar surface area (TPSA) is 46.2 Å². The van der Waals surface area contributed by atoms with E-state index in [1.54, 1.807) is 12.1 Å². The Morgan fingerprint density at radius 3 is 2.50 bits per heavy atom. The van der Waals surface area contributed by atoms with E-state index in [0.29, 0.717) is 5.19 Å². The lowest BCUT2D eigenvalue weighted by Gasteiger charge is -1.99. The van der Waals surface area contributed by atoms with Crippen LogP contribution >= 0.6 is 0 Å². The number of carbonyl (C=O) groups is 1. The molecule has 0 aliphatic rings. The predicted octanol–water partition coefficient (Wildman–Crippen LogP) is 0.423. The first kappa shape index (κ1) is 10.5. The fourth-order valence-corrected chi connectivity index (χ4v) is 1.88.